The van der Waals surface area contributed by atoms with E-state index in [0.717, 1.165) is 121 Å². The molecule has 12 atom stereocenters. The first-order chi connectivity index (χ1) is 52.9. The number of aryl methyl sites for hydroxylation is 6. The van der Waals surface area contributed by atoms with Gasteiger partial charge in [-0.25, -0.2) is 24.3 Å². The number of piperidine rings is 4. The second-order valence-corrected chi connectivity index (χ2v) is 31.1. The number of nitrogens with zero attached hydrogens (tertiary/aromatic N) is 14. The van der Waals surface area contributed by atoms with Crippen molar-refractivity contribution in [1.29, 1.82) is 0 Å². The summed E-state index contributed by atoms with van der Waals surface area (Å²) in [5, 5.41) is 17.9. The highest BCUT2D eigenvalue weighted by molar-refractivity contribution is 9.10. The molecule has 4 amide bonds. The number of aromatic nitrogens is 11. The van der Waals surface area contributed by atoms with Crippen molar-refractivity contribution in [1.82, 2.24) is 74.5 Å². The highest BCUT2D eigenvalue weighted by atomic mass is 79.9. The van der Waals surface area contributed by atoms with Crippen LogP contribution in [0.15, 0.2) is 188 Å². The van der Waals surface area contributed by atoms with Crippen LogP contribution in [0.2, 0.25) is 0 Å². The van der Waals surface area contributed by atoms with Crippen molar-refractivity contribution >= 4 is 50.5 Å². The van der Waals surface area contributed by atoms with Crippen molar-refractivity contribution in [3.8, 4) is 34.9 Å². The van der Waals surface area contributed by atoms with Gasteiger partial charge in [-0.05, 0) is 209 Å². The van der Waals surface area contributed by atoms with Crippen molar-refractivity contribution in [3.05, 3.63) is 249 Å². The molecule has 4 saturated carbocycles. The molecule has 8 aliphatic rings. The number of amides is 4. The minimum absolute atomic E-state index is 0.00923. The predicted molar refractivity (Wildman–Crippen MR) is 408 cm³/mol. The van der Waals surface area contributed by atoms with Gasteiger partial charge in [0, 0.05) is 86.8 Å². The summed E-state index contributed by atoms with van der Waals surface area (Å²) in [4.78, 5) is 84.5. The van der Waals surface area contributed by atoms with Crippen LogP contribution in [0.4, 0.5) is 4.39 Å². The maximum Gasteiger partial charge on any atom is 0.256 e. The third-order valence-corrected chi connectivity index (χ3v) is 23.2. The molecule has 0 spiro atoms. The molecular formula is C84H85BrFN15O8. The maximum atomic E-state index is 13.8. The van der Waals surface area contributed by atoms with Gasteiger partial charge in [0.1, 0.15) is 30.2 Å². The smallest absolute Gasteiger partial charge is 0.256 e. The quantitative estimate of drug-likeness (QED) is 0.106. The van der Waals surface area contributed by atoms with Crippen LogP contribution in [0, 0.1) is 71.0 Å². The Morgan fingerprint density at radius 1 is 0.394 bits per heavy atom. The number of rotatable bonds is 14. The van der Waals surface area contributed by atoms with Crippen LogP contribution in [-0.2, 0) is 0 Å². The Balaban J connectivity index is 0.000000111. The average Bonchev–Trinajstić information content (AvgIpc) is 1.67. The molecule has 11 heterocycles. The van der Waals surface area contributed by atoms with Gasteiger partial charge in [-0.2, -0.15) is 30.0 Å². The first kappa shape index (κ1) is 72.0. The Hall–Kier alpha value is -11.2. The number of aromatic amines is 1. The van der Waals surface area contributed by atoms with Crippen LogP contribution in [0.1, 0.15) is 126 Å². The van der Waals surface area contributed by atoms with Gasteiger partial charge in [0.05, 0.1) is 92.6 Å². The minimum Gasteiger partial charge on any atom is -0.472 e. The van der Waals surface area contributed by atoms with E-state index in [4.69, 9.17) is 18.9 Å². The number of hydrogen-bond donors (Lipinski definition) is 1. The fourth-order valence-corrected chi connectivity index (χ4v) is 17.7. The fraction of sp³-hybridized carbons (Fsp3) is 0.357. The van der Waals surface area contributed by atoms with E-state index in [0.29, 0.717) is 81.8 Å². The Labute approximate surface area is 639 Å². The molecule has 4 aromatic carbocycles. The van der Waals surface area contributed by atoms with Gasteiger partial charge in [-0.3, -0.25) is 19.2 Å². The van der Waals surface area contributed by atoms with E-state index in [9.17, 15) is 23.6 Å². The van der Waals surface area contributed by atoms with Gasteiger partial charge in [0.2, 0.25) is 23.5 Å². The summed E-state index contributed by atoms with van der Waals surface area (Å²) in [5.41, 5.74) is 11.1. The first-order valence-electron chi connectivity index (χ1n) is 37.4. The monoisotopic (exact) mass is 1530 g/mol. The average molecular weight is 1530 g/mol. The molecule has 4 aliphatic heterocycles. The number of nitrogens with one attached hydrogen (secondary N) is 1. The lowest BCUT2D eigenvalue weighted by Gasteiger charge is -2.33. The number of H-pyrrole nitrogens is 1. The van der Waals surface area contributed by atoms with Crippen molar-refractivity contribution < 1.29 is 42.5 Å². The van der Waals surface area contributed by atoms with Gasteiger partial charge in [0.25, 0.3) is 23.6 Å². The molecule has 7 aromatic heterocycles. The molecule has 4 saturated heterocycles. The van der Waals surface area contributed by atoms with E-state index in [1.54, 1.807) is 49.3 Å². The van der Waals surface area contributed by atoms with Gasteiger partial charge in [-0.1, -0.05) is 60.2 Å². The molecule has 109 heavy (non-hydrogen) atoms. The van der Waals surface area contributed by atoms with Gasteiger partial charge < -0.3 is 43.5 Å². The second-order valence-electron chi connectivity index (χ2n) is 30.3. The lowest BCUT2D eigenvalue weighted by atomic mass is 10.0. The van der Waals surface area contributed by atoms with Crippen molar-refractivity contribution in [2.45, 2.75) is 141 Å². The molecule has 12 unspecified atom stereocenters. The topological polar surface area (TPSA) is 247 Å². The molecule has 11 aromatic rings. The molecule has 1 N–H and O–H groups in total. The number of hydrogen-bond acceptors (Lipinski definition) is 16. The molecule has 19 rings (SSSR count). The van der Waals surface area contributed by atoms with Crippen LogP contribution in [0.5, 0.6) is 23.5 Å². The van der Waals surface area contributed by atoms with Crippen molar-refractivity contribution in [2.75, 3.05) is 26.2 Å². The number of likely N-dealkylation sites (tertiary alicyclic amines) is 4. The number of carbonyl (C=O) groups is 4. The summed E-state index contributed by atoms with van der Waals surface area (Å²) in [6, 6.07) is 39.8. The largest absolute Gasteiger partial charge is 0.472 e. The van der Waals surface area contributed by atoms with E-state index in [-0.39, 0.29) is 76.7 Å². The number of benzene rings is 4. The predicted octanol–water partition coefficient (Wildman–Crippen LogP) is 13.4. The third-order valence-electron chi connectivity index (χ3n) is 22.4. The van der Waals surface area contributed by atoms with Gasteiger partial charge in [-0.15, -0.1) is 0 Å². The van der Waals surface area contributed by atoms with Gasteiger partial charge >= 0.3 is 0 Å². The number of halogens is 2. The number of pyridine rings is 4. The Bertz CT molecular complexity index is 5110. The zero-order valence-electron chi connectivity index (χ0n) is 61.5. The van der Waals surface area contributed by atoms with E-state index < -0.39 is 5.82 Å². The van der Waals surface area contributed by atoms with E-state index in [1.807, 2.05) is 189 Å². The normalized spacial score (nSPS) is 23.6. The summed E-state index contributed by atoms with van der Waals surface area (Å²) in [5.74, 6) is 3.90. The molecule has 0 radical (unpaired) electrons. The maximum absolute atomic E-state index is 13.8. The highest BCUT2D eigenvalue weighted by Crippen LogP contribution is 2.45. The molecule has 558 valence electrons. The zero-order chi connectivity index (χ0) is 75.1. The number of carbonyl (C=O) groups excluding carboxylic acids is 4. The summed E-state index contributed by atoms with van der Waals surface area (Å²) in [7, 11) is 0. The van der Waals surface area contributed by atoms with Crippen LogP contribution < -0.4 is 18.9 Å². The molecule has 23 nitrogen and oxygen atoms in total. The molecule has 8 bridgehead atoms. The van der Waals surface area contributed by atoms with E-state index in [2.05, 4.69) is 61.2 Å². The highest BCUT2D eigenvalue weighted by Gasteiger charge is 2.53. The lowest BCUT2D eigenvalue weighted by molar-refractivity contribution is 0.0463. The summed E-state index contributed by atoms with van der Waals surface area (Å²) in [6.07, 6.45) is 23.2. The second kappa shape index (κ2) is 30.8. The van der Waals surface area contributed by atoms with E-state index in [1.165, 1.54) is 15.7 Å². The van der Waals surface area contributed by atoms with E-state index >= 15 is 0 Å². The lowest BCUT2D eigenvalue weighted by Crippen LogP contribution is -2.47. The summed E-state index contributed by atoms with van der Waals surface area (Å²) in [6.45, 7) is 15.0. The standard InChI is InChI=1S/2C22H23N5O2.C21H21N3O2.C19H18BrFN2O2/c1-14-3-5-18(27-24-7-8-25-27)17(9-14)22(28)26-13-16-10-19(26)20(11-16)29-21-6-4-15(2)12-23-21;1-14-3-5-17(18(9-14)27-24-7-8-25-27)22(28)26-13-16-10-19(26)20(11-16)29-21-6-4-15(2)12-23-21;1-13-5-6-19(23-11-13)26-18-10-14-9-17(18)24(12-14)21(25)16-4-2-3-15-7-8-22-20(15)16;1-11-5-6-17(22-9-11)25-16-8-12-7-15(16)23(10-12)19(24)13-3-2-4-14(21)18(13)20/h2*3-9,12,16,19-20H,10-11,13H2,1-2H3;2-8,11,14,17-18,22H,9-10,12H2,1H3;2-6,9,12,15-16H,7-8,10H2,1H3. The first-order valence-corrected chi connectivity index (χ1v) is 38.2. The molecular weight excluding hydrogens is 1450 g/mol. The van der Waals surface area contributed by atoms with Crippen molar-refractivity contribution in [2.24, 2.45) is 23.7 Å². The van der Waals surface area contributed by atoms with Crippen LogP contribution >= 0.6 is 15.9 Å². The Morgan fingerprint density at radius 3 is 1.18 bits per heavy atom. The minimum atomic E-state index is -0.424. The van der Waals surface area contributed by atoms with Crippen molar-refractivity contribution in [3.63, 3.8) is 0 Å². The molecule has 4 aliphatic carbocycles. The van der Waals surface area contributed by atoms with Crippen LogP contribution in [0.3, 0.4) is 0 Å². The molecule has 25 heteroatoms. The summed E-state index contributed by atoms with van der Waals surface area (Å²) < 4.78 is 38.5. The zero-order valence-corrected chi connectivity index (χ0v) is 63.1. The van der Waals surface area contributed by atoms with Gasteiger partial charge in [0.15, 0.2) is 0 Å². The fourth-order valence-electron chi connectivity index (χ4n) is 17.2. The summed E-state index contributed by atoms with van der Waals surface area (Å²) >= 11 is 3.19. The van der Waals surface area contributed by atoms with Crippen LogP contribution in [0.25, 0.3) is 22.3 Å². The number of ether oxygens (including phenoxy) is 4. The number of fused-ring (bicyclic) bond motifs is 9. The number of para-hydroxylation sites is 1. The SMILES string of the molecule is Cc1ccc(OC2CC3CC2N(C(=O)c2cc(C)ccc2-n2nccn2)C3)nc1.Cc1ccc(OC2CC3CC2N(C(=O)c2ccc(C)cc2-n2nccn2)C3)nc1.Cc1ccc(OC2CC3CC2N(C(=O)c2cccc(F)c2Br)C3)nc1.Cc1ccc(OC2CC3CC2N(C(=O)c2cccc4cc[nH]c24)C3)nc1. The Morgan fingerprint density at radius 2 is 0.761 bits per heavy atom. The Kier molecular flexibility index (Phi) is 20.4. The third kappa shape index (κ3) is 15.3. The van der Waals surface area contributed by atoms with Crippen LogP contribution in [-0.4, -0.2) is 173 Å². The molecule has 8 fully saturated rings.